The third-order valence-corrected chi connectivity index (χ3v) is 11.7. The normalized spacial score (nSPS) is 11.2. The third kappa shape index (κ3) is 7.12. The molecular weight excluding hydrogens is 751 g/mol. The maximum atomic E-state index is 5.26. The molecule has 0 saturated heterocycles. The molecule has 0 radical (unpaired) electrons. The molecule has 0 aliphatic rings. The maximum absolute atomic E-state index is 5.26. The smallest absolute Gasteiger partial charge is 0.160 e. The fraction of sp³-hybridized carbons (Fsp3) is 0. The summed E-state index contributed by atoms with van der Waals surface area (Å²) >= 11 is 0. The van der Waals surface area contributed by atoms with Gasteiger partial charge in [0.25, 0.3) is 0 Å². The number of hydrogen-bond acceptors (Lipinski definition) is 3. The topological polar surface area (TPSA) is 38.7 Å². The van der Waals surface area contributed by atoms with E-state index < -0.39 is 0 Å². The van der Waals surface area contributed by atoms with Crippen molar-refractivity contribution in [3.05, 3.63) is 237 Å². The van der Waals surface area contributed by atoms with Gasteiger partial charge < -0.3 is 0 Å². The van der Waals surface area contributed by atoms with Gasteiger partial charge in [0.15, 0.2) is 5.82 Å². The van der Waals surface area contributed by atoms with Crippen molar-refractivity contribution >= 4 is 21.7 Å². The van der Waals surface area contributed by atoms with Crippen molar-refractivity contribution in [2.45, 2.75) is 0 Å². The van der Waals surface area contributed by atoms with Gasteiger partial charge in [0, 0.05) is 27.6 Å². The van der Waals surface area contributed by atoms with Crippen LogP contribution in [0.15, 0.2) is 237 Å². The molecule has 2 aromatic heterocycles. The number of rotatable bonds is 8. The Bertz CT molecular complexity index is 3250. The van der Waals surface area contributed by atoms with Crippen LogP contribution in [0.3, 0.4) is 0 Å². The van der Waals surface area contributed by atoms with Gasteiger partial charge in [-0.1, -0.05) is 212 Å². The Balaban J connectivity index is 1.03. The summed E-state index contributed by atoms with van der Waals surface area (Å²) in [7, 11) is 0. The predicted molar refractivity (Wildman–Crippen MR) is 258 cm³/mol. The van der Waals surface area contributed by atoms with E-state index in [2.05, 4.69) is 218 Å². The third-order valence-electron chi connectivity index (χ3n) is 11.7. The van der Waals surface area contributed by atoms with Crippen molar-refractivity contribution < 1.29 is 0 Å². The Morgan fingerprint density at radius 1 is 0.226 bits per heavy atom. The average molecular weight is 790 g/mol. The summed E-state index contributed by atoms with van der Waals surface area (Å²) in [6, 6.07) is 83.4. The molecule has 3 nitrogen and oxygen atoms in total. The number of aromatic nitrogens is 3. The van der Waals surface area contributed by atoms with Gasteiger partial charge in [-0.05, 0) is 79.5 Å². The van der Waals surface area contributed by atoms with E-state index in [0.717, 1.165) is 72.5 Å². The van der Waals surface area contributed by atoms with Gasteiger partial charge >= 0.3 is 0 Å². The van der Waals surface area contributed by atoms with Crippen LogP contribution in [0.5, 0.6) is 0 Å². The highest BCUT2D eigenvalue weighted by Crippen LogP contribution is 2.40. The standard InChI is InChI=1S/C59H39N3/c1-5-15-40(16-6-1)42-27-31-46(32-28-42)56-39-57(62-59(61-56)47-33-29-43(30-34-47)41-17-7-2-8-18-41)49-24-13-23-48(37-49)50-25-14-26-52-51(50)35-36-54-58(52)53(44-19-9-3-10-20-44)38-55(60-54)45-21-11-4-12-22-45/h1-39H. The van der Waals surface area contributed by atoms with E-state index in [1.54, 1.807) is 0 Å². The zero-order valence-electron chi connectivity index (χ0n) is 33.9. The lowest BCUT2D eigenvalue weighted by Crippen LogP contribution is -1.96. The van der Waals surface area contributed by atoms with E-state index in [-0.39, 0.29) is 0 Å². The van der Waals surface area contributed by atoms with Gasteiger partial charge in [-0.25, -0.2) is 15.0 Å². The fourth-order valence-corrected chi connectivity index (χ4v) is 8.57. The minimum Gasteiger partial charge on any atom is -0.248 e. The second-order valence-corrected chi connectivity index (χ2v) is 15.6. The predicted octanol–water partition coefficient (Wildman–Crippen LogP) is 15.5. The van der Waals surface area contributed by atoms with Crippen molar-refractivity contribution in [1.29, 1.82) is 0 Å². The largest absolute Gasteiger partial charge is 0.248 e. The minimum atomic E-state index is 0.682. The molecule has 0 fully saturated rings. The van der Waals surface area contributed by atoms with Crippen molar-refractivity contribution in [3.8, 4) is 89.7 Å². The Kier molecular flexibility index (Phi) is 9.53. The quantitative estimate of drug-likeness (QED) is 0.144. The first-order valence-corrected chi connectivity index (χ1v) is 21.0. The first-order chi connectivity index (χ1) is 30.7. The van der Waals surface area contributed by atoms with Crippen LogP contribution in [0.4, 0.5) is 0 Å². The highest BCUT2D eigenvalue weighted by Gasteiger charge is 2.17. The summed E-state index contributed by atoms with van der Waals surface area (Å²) in [5.74, 6) is 0.682. The van der Waals surface area contributed by atoms with E-state index in [4.69, 9.17) is 15.0 Å². The molecule has 11 aromatic rings. The van der Waals surface area contributed by atoms with Crippen LogP contribution in [0.2, 0.25) is 0 Å². The number of nitrogens with zero attached hydrogens (tertiary/aromatic N) is 3. The molecular formula is C59H39N3. The lowest BCUT2D eigenvalue weighted by Gasteiger charge is -2.15. The monoisotopic (exact) mass is 789 g/mol. The fourth-order valence-electron chi connectivity index (χ4n) is 8.57. The van der Waals surface area contributed by atoms with E-state index >= 15 is 0 Å². The number of fused-ring (bicyclic) bond motifs is 3. The summed E-state index contributed by atoms with van der Waals surface area (Å²) in [6.07, 6.45) is 0. The summed E-state index contributed by atoms with van der Waals surface area (Å²) in [4.78, 5) is 15.7. The molecule has 0 aliphatic heterocycles. The lowest BCUT2D eigenvalue weighted by molar-refractivity contribution is 1.18. The second kappa shape index (κ2) is 16.1. The van der Waals surface area contributed by atoms with Crippen LogP contribution >= 0.6 is 0 Å². The Hall–Kier alpha value is -8.27. The molecule has 0 bridgehead atoms. The average Bonchev–Trinajstić information content (AvgIpc) is 3.37. The summed E-state index contributed by atoms with van der Waals surface area (Å²) in [5.41, 5.74) is 17.1. The van der Waals surface area contributed by atoms with Crippen LogP contribution in [0, 0.1) is 0 Å². The summed E-state index contributed by atoms with van der Waals surface area (Å²) < 4.78 is 0. The van der Waals surface area contributed by atoms with Gasteiger partial charge in [0.05, 0.1) is 22.6 Å². The molecule has 0 unspecified atom stereocenters. The number of benzene rings is 9. The molecule has 0 spiro atoms. The minimum absolute atomic E-state index is 0.682. The highest BCUT2D eigenvalue weighted by molar-refractivity contribution is 6.17. The van der Waals surface area contributed by atoms with E-state index in [1.165, 1.54) is 33.0 Å². The Labute approximate surface area is 361 Å². The van der Waals surface area contributed by atoms with Gasteiger partial charge in [0.1, 0.15) is 0 Å². The van der Waals surface area contributed by atoms with E-state index in [9.17, 15) is 0 Å². The number of pyridine rings is 1. The highest BCUT2D eigenvalue weighted by atomic mass is 14.9. The zero-order valence-corrected chi connectivity index (χ0v) is 33.9. The zero-order chi connectivity index (χ0) is 41.2. The van der Waals surface area contributed by atoms with Gasteiger partial charge in [0.2, 0.25) is 0 Å². The molecule has 0 atom stereocenters. The molecule has 290 valence electrons. The Morgan fingerprint density at radius 2 is 0.677 bits per heavy atom. The lowest BCUT2D eigenvalue weighted by atomic mass is 9.91. The second-order valence-electron chi connectivity index (χ2n) is 15.6. The molecule has 3 heteroatoms. The Morgan fingerprint density at radius 3 is 1.31 bits per heavy atom. The van der Waals surface area contributed by atoms with Crippen LogP contribution < -0.4 is 0 Å². The molecule has 0 N–H and O–H groups in total. The molecule has 0 aliphatic carbocycles. The van der Waals surface area contributed by atoms with Crippen LogP contribution in [-0.4, -0.2) is 15.0 Å². The van der Waals surface area contributed by atoms with Gasteiger partial charge in [-0.3, -0.25) is 0 Å². The first kappa shape index (κ1) is 36.8. The van der Waals surface area contributed by atoms with Gasteiger partial charge in [-0.2, -0.15) is 0 Å². The van der Waals surface area contributed by atoms with E-state index in [0.29, 0.717) is 5.82 Å². The van der Waals surface area contributed by atoms with Crippen molar-refractivity contribution in [2.75, 3.05) is 0 Å². The summed E-state index contributed by atoms with van der Waals surface area (Å²) in [5, 5.41) is 3.48. The maximum Gasteiger partial charge on any atom is 0.160 e. The number of hydrogen-bond donors (Lipinski definition) is 0. The molecule has 11 rings (SSSR count). The van der Waals surface area contributed by atoms with E-state index in [1.807, 2.05) is 18.2 Å². The molecule has 9 aromatic carbocycles. The van der Waals surface area contributed by atoms with Crippen molar-refractivity contribution in [2.24, 2.45) is 0 Å². The molecule has 2 heterocycles. The van der Waals surface area contributed by atoms with Crippen LogP contribution in [-0.2, 0) is 0 Å². The van der Waals surface area contributed by atoms with Crippen molar-refractivity contribution in [1.82, 2.24) is 15.0 Å². The molecule has 0 amide bonds. The van der Waals surface area contributed by atoms with Crippen LogP contribution in [0.1, 0.15) is 0 Å². The molecule has 62 heavy (non-hydrogen) atoms. The van der Waals surface area contributed by atoms with Crippen molar-refractivity contribution in [3.63, 3.8) is 0 Å². The first-order valence-electron chi connectivity index (χ1n) is 21.0. The SMILES string of the molecule is c1ccc(-c2ccc(-c3cc(-c4cccc(-c5cccc6c5ccc5nc(-c7ccccc7)cc(-c7ccccc7)c56)c4)nc(-c4ccc(-c5ccccc5)cc4)n3)cc2)cc1. The molecule has 0 saturated carbocycles. The van der Waals surface area contributed by atoms with Crippen LogP contribution in [0.25, 0.3) is 111 Å². The summed E-state index contributed by atoms with van der Waals surface area (Å²) in [6.45, 7) is 0. The van der Waals surface area contributed by atoms with Gasteiger partial charge in [-0.15, -0.1) is 0 Å².